The molecule has 3 N–H and O–H groups in total. The maximum absolute atomic E-state index is 12.5. The summed E-state index contributed by atoms with van der Waals surface area (Å²) < 4.78 is 5.51. The first-order chi connectivity index (χ1) is 38.5. The molecule has 0 aromatic heterocycles. The van der Waals surface area contributed by atoms with E-state index in [1.54, 1.807) is 0 Å². The number of hydrogen-bond donors (Lipinski definition) is 3. The molecule has 0 aliphatic heterocycles. The molecule has 462 valence electrons. The topological polar surface area (TPSA) is 95.9 Å². The molecule has 2 unspecified atom stereocenters. The second kappa shape index (κ2) is 67.8. The lowest BCUT2D eigenvalue weighted by Crippen LogP contribution is -2.45. The minimum atomic E-state index is -0.661. The molecular weight excluding hydrogens is 959 g/mol. The summed E-state index contributed by atoms with van der Waals surface area (Å²) in [7, 11) is 0. The van der Waals surface area contributed by atoms with E-state index in [9.17, 15) is 19.8 Å². The Kier molecular flexibility index (Phi) is 66.4. The zero-order chi connectivity index (χ0) is 56.4. The quantitative estimate of drug-likeness (QED) is 0.0320. The van der Waals surface area contributed by atoms with E-state index in [-0.39, 0.29) is 18.5 Å². The number of hydrogen-bond acceptors (Lipinski definition) is 5. The Morgan fingerprint density at radius 3 is 1.00 bits per heavy atom. The molecule has 0 spiro atoms. The molecule has 0 rings (SSSR count). The van der Waals surface area contributed by atoms with Crippen LogP contribution in [0.15, 0.2) is 24.3 Å². The number of unbranched alkanes of at least 4 members (excludes halogenated alkanes) is 52. The van der Waals surface area contributed by atoms with Crippen molar-refractivity contribution in [1.82, 2.24) is 5.32 Å². The number of rotatable bonds is 67. The predicted molar refractivity (Wildman–Crippen MR) is 343 cm³/mol. The van der Waals surface area contributed by atoms with Crippen LogP contribution in [-0.2, 0) is 14.3 Å². The molecule has 0 aromatic rings. The van der Waals surface area contributed by atoms with Crippen molar-refractivity contribution in [2.24, 2.45) is 0 Å². The second-order valence-corrected chi connectivity index (χ2v) is 24.6. The van der Waals surface area contributed by atoms with Crippen LogP contribution >= 0.6 is 0 Å². The van der Waals surface area contributed by atoms with E-state index < -0.39 is 12.1 Å². The van der Waals surface area contributed by atoms with Gasteiger partial charge in [0.05, 0.1) is 25.4 Å². The zero-order valence-corrected chi connectivity index (χ0v) is 52.9. The van der Waals surface area contributed by atoms with E-state index in [0.29, 0.717) is 25.9 Å². The third-order valence-electron chi connectivity index (χ3n) is 16.8. The SMILES string of the molecule is CCCCC/C=C\C/C=C\CCCCCCCCCCCC(=O)OCCCCCCCCCCCCCCCCCCCCCCCCCCCCCCCC(=O)NC(CO)C(O)CCCCCCCCCCCCCCC. The third-order valence-corrected chi connectivity index (χ3v) is 16.8. The van der Waals surface area contributed by atoms with Gasteiger partial charge in [-0.15, -0.1) is 0 Å². The van der Waals surface area contributed by atoms with Crippen molar-refractivity contribution < 1.29 is 24.5 Å². The molecule has 0 heterocycles. The largest absolute Gasteiger partial charge is 0.466 e. The van der Waals surface area contributed by atoms with E-state index in [0.717, 1.165) is 51.4 Å². The van der Waals surface area contributed by atoms with Crippen LogP contribution in [0.4, 0.5) is 0 Å². The Bertz CT molecular complexity index is 1220. The van der Waals surface area contributed by atoms with Crippen LogP contribution in [0.1, 0.15) is 399 Å². The molecule has 2 atom stereocenters. The molecular formula is C72H139NO5. The van der Waals surface area contributed by atoms with Crippen molar-refractivity contribution >= 4 is 11.9 Å². The Balaban J connectivity index is 3.31. The Morgan fingerprint density at radius 2 is 0.641 bits per heavy atom. The van der Waals surface area contributed by atoms with Gasteiger partial charge in [0.1, 0.15) is 0 Å². The number of aliphatic hydroxyl groups is 2. The highest BCUT2D eigenvalue weighted by Gasteiger charge is 2.20. The Hall–Kier alpha value is -1.66. The molecule has 1 amide bonds. The molecule has 6 heteroatoms. The van der Waals surface area contributed by atoms with Gasteiger partial charge in [-0.3, -0.25) is 9.59 Å². The number of allylic oxidation sites excluding steroid dienone is 4. The van der Waals surface area contributed by atoms with E-state index in [1.807, 2.05) is 0 Å². The molecule has 0 saturated carbocycles. The van der Waals surface area contributed by atoms with Crippen LogP contribution in [-0.4, -0.2) is 47.4 Å². The fourth-order valence-electron chi connectivity index (χ4n) is 11.3. The van der Waals surface area contributed by atoms with Gasteiger partial charge in [-0.2, -0.15) is 0 Å². The van der Waals surface area contributed by atoms with Crippen LogP contribution in [0.25, 0.3) is 0 Å². The summed E-state index contributed by atoms with van der Waals surface area (Å²) in [6.45, 7) is 4.96. The van der Waals surface area contributed by atoms with Crippen molar-refractivity contribution in [1.29, 1.82) is 0 Å². The van der Waals surface area contributed by atoms with Gasteiger partial charge in [0.15, 0.2) is 0 Å². The first kappa shape index (κ1) is 76.3. The Labute approximate surface area is 488 Å². The Morgan fingerprint density at radius 1 is 0.359 bits per heavy atom. The molecule has 0 aliphatic carbocycles. The summed E-state index contributed by atoms with van der Waals surface area (Å²) in [4.78, 5) is 24.6. The van der Waals surface area contributed by atoms with Gasteiger partial charge >= 0.3 is 5.97 Å². The van der Waals surface area contributed by atoms with Crippen LogP contribution in [0.3, 0.4) is 0 Å². The summed E-state index contributed by atoms with van der Waals surface area (Å²) in [6, 6.07) is -0.538. The highest BCUT2D eigenvalue weighted by atomic mass is 16.5. The number of carbonyl (C=O) groups excluding carboxylic acids is 2. The summed E-state index contributed by atoms with van der Waals surface area (Å²) >= 11 is 0. The smallest absolute Gasteiger partial charge is 0.305 e. The first-order valence-corrected chi connectivity index (χ1v) is 35.6. The lowest BCUT2D eigenvalue weighted by Gasteiger charge is -2.22. The molecule has 0 bridgehead atoms. The van der Waals surface area contributed by atoms with Crippen LogP contribution < -0.4 is 5.32 Å². The molecule has 0 radical (unpaired) electrons. The minimum absolute atomic E-state index is 0.0164. The third kappa shape index (κ3) is 63.5. The first-order valence-electron chi connectivity index (χ1n) is 35.6. The molecule has 0 aliphatic rings. The zero-order valence-electron chi connectivity index (χ0n) is 52.9. The standard InChI is InChI=1S/C72H139NO5/c1-3-5-7-9-11-13-15-17-18-19-31-35-38-42-46-50-54-58-62-66-72(77)78-67-63-59-55-51-47-43-39-36-33-30-28-26-24-22-20-21-23-25-27-29-32-34-37-41-45-49-53-57-61-65-71(76)73-69(68-74)70(75)64-60-56-52-48-44-40-16-14-12-10-8-6-4-2/h11,13,17-18,69-70,74-75H,3-10,12,14-16,19-68H2,1-2H3,(H,73,76)/b13-11-,18-17-. The van der Waals surface area contributed by atoms with Crippen molar-refractivity contribution in [3.63, 3.8) is 0 Å². The molecule has 0 saturated heterocycles. The highest BCUT2D eigenvalue weighted by molar-refractivity contribution is 5.76. The monoisotopic (exact) mass is 1100 g/mol. The summed E-state index contributed by atoms with van der Waals surface area (Å²) in [5.74, 6) is -0.0129. The van der Waals surface area contributed by atoms with Crippen molar-refractivity contribution in [3.05, 3.63) is 24.3 Å². The maximum Gasteiger partial charge on any atom is 0.305 e. The van der Waals surface area contributed by atoms with Crippen LogP contribution in [0.2, 0.25) is 0 Å². The van der Waals surface area contributed by atoms with Gasteiger partial charge in [0.2, 0.25) is 5.91 Å². The van der Waals surface area contributed by atoms with Gasteiger partial charge in [0.25, 0.3) is 0 Å². The highest BCUT2D eigenvalue weighted by Crippen LogP contribution is 2.19. The van der Waals surface area contributed by atoms with Gasteiger partial charge < -0.3 is 20.3 Å². The van der Waals surface area contributed by atoms with Crippen molar-refractivity contribution in [2.45, 2.75) is 411 Å². The van der Waals surface area contributed by atoms with Gasteiger partial charge in [-0.1, -0.05) is 353 Å². The van der Waals surface area contributed by atoms with E-state index in [4.69, 9.17) is 4.74 Å². The van der Waals surface area contributed by atoms with E-state index in [2.05, 4.69) is 43.5 Å². The number of ether oxygens (including phenoxy) is 1. The minimum Gasteiger partial charge on any atom is -0.466 e. The average Bonchev–Trinajstić information content (AvgIpc) is 3.44. The average molecular weight is 1100 g/mol. The van der Waals surface area contributed by atoms with E-state index >= 15 is 0 Å². The summed E-state index contributed by atoms with van der Waals surface area (Å²) in [6.07, 6.45) is 85.2. The lowest BCUT2D eigenvalue weighted by molar-refractivity contribution is -0.143. The molecule has 0 aromatic carbocycles. The fourth-order valence-corrected chi connectivity index (χ4v) is 11.3. The number of amides is 1. The molecule has 6 nitrogen and oxygen atoms in total. The lowest BCUT2D eigenvalue weighted by atomic mass is 10.0. The van der Waals surface area contributed by atoms with Gasteiger partial charge in [-0.25, -0.2) is 0 Å². The predicted octanol–water partition coefficient (Wildman–Crippen LogP) is 22.9. The molecule has 0 fully saturated rings. The van der Waals surface area contributed by atoms with Crippen molar-refractivity contribution in [3.8, 4) is 0 Å². The summed E-state index contributed by atoms with van der Waals surface area (Å²) in [5.41, 5.74) is 0. The van der Waals surface area contributed by atoms with Gasteiger partial charge in [-0.05, 0) is 57.8 Å². The fraction of sp³-hybridized carbons (Fsp3) is 0.917. The number of esters is 1. The summed E-state index contributed by atoms with van der Waals surface area (Å²) in [5, 5.41) is 23.3. The molecule has 78 heavy (non-hydrogen) atoms. The van der Waals surface area contributed by atoms with E-state index in [1.165, 1.54) is 315 Å². The van der Waals surface area contributed by atoms with Crippen LogP contribution in [0, 0.1) is 0 Å². The van der Waals surface area contributed by atoms with Gasteiger partial charge in [0, 0.05) is 12.8 Å². The number of nitrogens with one attached hydrogen (secondary N) is 1. The maximum atomic E-state index is 12.5. The van der Waals surface area contributed by atoms with Crippen LogP contribution in [0.5, 0.6) is 0 Å². The van der Waals surface area contributed by atoms with Crippen molar-refractivity contribution in [2.75, 3.05) is 13.2 Å². The number of carbonyl (C=O) groups is 2. The normalized spacial score (nSPS) is 12.6. The second-order valence-electron chi connectivity index (χ2n) is 24.6. The number of aliphatic hydroxyl groups excluding tert-OH is 2.